The van der Waals surface area contributed by atoms with E-state index < -0.39 is 0 Å². The van der Waals surface area contributed by atoms with E-state index in [9.17, 15) is 4.79 Å². The summed E-state index contributed by atoms with van der Waals surface area (Å²) in [5, 5.41) is 3.00. The zero-order valence-electron chi connectivity index (χ0n) is 16.2. The normalized spacial score (nSPS) is 15.9. The molecule has 0 bridgehead atoms. The third-order valence-electron chi connectivity index (χ3n) is 5.20. The van der Waals surface area contributed by atoms with Crippen molar-refractivity contribution in [2.45, 2.75) is 13.0 Å². The number of piperazine rings is 1. The van der Waals surface area contributed by atoms with E-state index in [0.717, 1.165) is 37.6 Å². The molecule has 2 aromatic carbocycles. The van der Waals surface area contributed by atoms with Crippen molar-refractivity contribution >= 4 is 17.3 Å². The fourth-order valence-electron chi connectivity index (χ4n) is 3.53. The lowest BCUT2D eigenvalue weighted by Crippen LogP contribution is -3.19. The fourth-order valence-corrected chi connectivity index (χ4v) is 3.53. The Labute approximate surface area is 160 Å². The lowest BCUT2D eigenvalue weighted by atomic mass is 10.2. The molecular formula is C21H28N3O3+. The number of rotatable bonds is 6. The molecule has 1 atom stereocenters. The molecule has 144 valence electrons. The summed E-state index contributed by atoms with van der Waals surface area (Å²) < 4.78 is 10.8. The standard InChI is InChI=1S/C21H27N3O3/c1-16(21(25)22-17-8-4-6-10-19(17)26-2)23-12-14-24(15-13-23)18-9-5-7-11-20(18)27-3/h4-11,16H,12-15H2,1-3H3,(H,22,25)/p+1/t16-/m0/s1. The average molecular weight is 370 g/mol. The van der Waals surface area contributed by atoms with Gasteiger partial charge in [-0.15, -0.1) is 0 Å². The first-order valence-corrected chi connectivity index (χ1v) is 9.30. The molecule has 2 N–H and O–H groups in total. The van der Waals surface area contributed by atoms with Crippen LogP contribution in [-0.4, -0.2) is 52.3 Å². The Morgan fingerprint density at radius 1 is 1.00 bits per heavy atom. The zero-order valence-corrected chi connectivity index (χ0v) is 16.2. The van der Waals surface area contributed by atoms with Crippen LogP contribution >= 0.6 is 0 Å². The highest BCUT2D eigenvalue weighted by atomic mass is 16.5. The molecule has 6 heteroatoms. The summed E-state index contributed by atoms with van der Waals surface area (Å²) in [7, 11) is 3.31. The molecule has 1 heterocycles. The van der Waals surface area contributed by atoms with E-state index in [2.05, 4.69) is 16.3 Å². The van der Waals surface area contributed by atoms with E-state index in [1.807, 2.05) is 49.4 Å². The number of nitrogens with zero attached hydrogens (tertiary/aromatic N) is 1. The van der Waals surface area contributed by atoms with Gasteiger partial charge in [-0.2, -0.15) is 0 Å². The maximum Gasteiger partial charge on any atom is 0.282 e. The molecule has 0 spiro atoms. The minimum Gasteiger partial charge on any atom is -0.495 e. The Morgan fingerprint density at radius 2 is 1.59 bits per heavy atom. The van der Waals surface area contributed by atoms with Crippen LogP contribution in [0.4, 0.5) is 11.4 Å². The van der Waals surface area contributed by atoms with Gasteiger partial charge in [-0.25, -0.2) is 0 Å². The van der Waals surface area contributed by atoms with Crippen molar-refractivity contribution in [1.29, 1.82) is 0 Å². The number of benzene rings is 2. The third kappa shape index (κ3) is 4.34. The van der Waals surface area contributed by atoms with E-state index in [1.165, 1.54) is 4.90 Å². The molecule has 1 fully saturated rings. The predicted molar refractivity (Wildman–Crippen MR) is 107 cm³/mol. The molecule has 1 aliphatic heterocycles. The van der Waals surface area contributed by atoms with E-state index in [-0.39, 0.29) is 11.9 Å². The molecule has 1 amide bonds. The number of hydrogen-bond donors (Lipinski definition) is 2. The summed E-state index contributed by atoms with van der Waals surface area (Å²) in [5.74, 6) is 1.58. The highest BCUT2D eigenvalue weighted by Crippen LogP contribution is 2.27. The monoisotopic (exact) mass is 370 g/mol. The molecule has 2 aromatic rings. The SMILES string of the molecule is COc1ccccc1NC(=O)[C@H](C)[NH+]1CCN(c2ccccc2OC)CC1. The Hall–Kier alpha value is -2.73. The van der Waals surface area contributed by atoms with Crippen LogP contribution in [0.25, 0.3) is 0 Å². The number of quaternary nitrogens is 1. The van der Waals surface area contributed by atoms with Gasteiger partial charge in [0.15, 0.2) is 6.04 Å². The first-order valence-electron chi connectivity index (χ1n) is 9.30. The van der Waals surface area contributed by atoms with Crippen molar-refractivity contribution in [3.8, 4) is 11.5 Å². The van der Waals surface area contributed by atoms with Gasteiger partial charge in [0.1, 0.15) is 11.5 Å². The first-order chi connectivity index (χ1) is 13.1. The molecule has 1 aliphatic rings. The Bertz CT molecular complexity index is 773. The first kappa shape index (κ1) is 19.0. The van der Waals surface area contributed by atoms with Gasteiger partial charge in [-0.05, 0) is 31.2 Å². The minimum atomic E-state index is -0.130. The summed E-state index contributed by atoms with van der Waals surface area (Å²) in [5.41, 5.74) is 1.83. The van der Waals surface area contributed by atoms with Crippen molar-refractivity contribution < 1.29 is 19.2 Å². The van der Waals surface area contributed by atoms with Crippen LogP contribution < -0.4 is 24.6 Å². The highest BCUT2D eigenvalue weighted by molar-refractivity contribution is 5.94. The van der Waals surface area contributed by atoms with Gasteiger partial charge in [0.05, 0.1) is 51.8 Å². The van der Waals surface area contributed by atoms with Crippen LogP contribution in [0, 0.1) is 0 Å². The summed E-state index contributed by atoms with van der Waals surface area (Å²) in [6, 6.07) is 15.4. The van der Waals surface area contributed by atoms with E-state index in [4.69, 9.17) is 9.47 Å². The van der Waals surface area contributed by atoms with Gasteiger partial charge >= 0.3 is 0 Å². The zero-order chi connectivity index (χ0) is 19.2. The molecule has 0 aromatic heterocycles. The number of nitrogens with one attached hydrogen (secondary N) is 2. The lowest BCUT2D eigenvalue weighted by Gasteiger charge is -2.36. The van der Waals surface area contributed by atoms with Crippen molar-refractivity contribution in [2.75, 3.05) is 50.6 Å². The van der Waals surface area contributed by atoms with Gasteiger partial charge in [0.25, 0.3) is 5.91 Å². The number of methoxy groups -OCH3 is 2. The maximum atomic E-state index is 12.7. The van der Waals surface area contributed by atoms with Crippen molar-refractivity contribution in [3.63, 3.8) is 0 Å². The third-order valence-corrected chi connectivity index (χ3v) is 5.20. The van der Waals surface area contributed by atoms with Crippen LogP contribution in [0.3, 0.4) is 0 Å². The van der Waals surface area contributed by atoms with Crippen molar-refractivity contribution in [1.82, 2.24) is 0 Å². The van der Waals surface area contributed by atoms with Crippen LogP contribution in [-0.2, 0) is 4.79 Å². The molecular weight excluding hydrogens is 342 g/mol. The second-order valence-electron chi connectivity index (χ2n) is 6.73. The number of amides is 1. The number of anilines is 2. The second kappa shape index (κ2) is 8.77. The number of para-hydroxylation sites is 4. The smallest absolute Gasteiger partial charge is 0.282 e. The Morgan fingerprint density at radius 3 is 2.26 bits per heavy atom. The second-order valence-corrected chi connectivity index (χ2v) is 6.73. The summed E-state index contributed by atoms with van der Waals surface area (Å²) in [6.45, 7) is 5.57. The number of carbonyl (C=O) groups excluding carboxylic acids is 1. The topological polar surface area (TPSA) is 55.2 Å². The summed E-state index contributed by atoms with van der Waals surface area (Å²) >= 11 is 0. The lowest BCUT2D eigenvalue weighted by molar-refractivity contribution is -0.914. The van der Waals surface area contributed by atoms with E-state index in [1.54, 1.807) is 14.2 Å². The molecule has 3 rings (SSSR count). The Balaban J connectivity index is 1.59. The van der Waals surface area contributed by atoms with Gasteiger partial charge in [0, 0.05) is 0 Å². The highest BCUT2D eigenvalue weighted by Gasteiger charge is 2.30. The van der Waals surface area contributed by atoms with E-state index in [0.29, 0.717) is 11.4 Å². The molecule has 0 unspecified atom stereocenters. The summed E-state index contributed by atoms with van der Waals surface area (Å²) in [4.78, 5) is 16.3. The van der Waals surface area contributed by atoms with E-state index >= 15 is 0 Å². The van der Waals surface area contributed by atoms with Crippen LogP contribution in [0.5, 0.6) is 11.5 Å². The van der Waals surface area contributed by atoms with Crippen LogP contribution in [0.1, 0.15) is 6.92 Å². The molecule has 0 radical (unpaired) electrons. The molecule has 6 nitrogen and oxygen atoms in total. The van der Waals surface area contributed by atoms with Crippen molar-refractivity contribution in [3.05, 3.63) is 48.5 Å². The number of hydrogen-bond acceptors (Lipinski definition) is 4. The van der Waals surface area contributed by atoms with Gasteiger partial charge in [-0.1, -0.05) is 24.3 Å². The molecule has 0 aliphatic carbocycles. The number of ether oxygens (including phenoxy) is 2. The summed E-state index contributed by atoms with van der Waals surface area (Å²) in [6.07, 6.45) is 0. The largest absolute Gasteiger partial charge is 0.495 e. The molecule has 0 saturated carbocycles. The minimum absolute atomic E-state index is 0.0141. The Kier molecular flexibility index (Phi) is 6.19. The molecule has 1 saturated heterocycles. The predicted octanol–water partition coefficient (Wildman–Crippen LogP) is 1.44. The average Bonchev–Trinajstić information content (AvgIpc) is 2.73. The maximum absolute atomic E-state index is 12.7. The van der Waals surface area contributed by atoms with Crippen molar-refractivity contribution in [2.24, 2.45) is 0 Å². The fraction of sp³-hybridized carbons (Fsp3) is 0.381. The number of carbonyl (C=O) groups is 1. The van der Waals surface area contributed by atoms with Gasteiger partial charge in [0.2, 0.25) is 0 Å². The van der Waals surface area contributed by atoms with Gasteiger partial charge < -0.3 is 24.6 Å². The van der Waals surface area contributed by atoms with Crippen LogP contribution in [0.15, 0.2) is 48.5 Å². The van der Waals surface area contributed by atoms with Crippen LogP contribution in [0.2, 0.25) is 0 Å². The van der Waals surface area contributed by atoms with Gasteiger partial charge in [-0.3, -0.25) is 4.79 Å². The molecule has 27 heavy (non-hydrogen) atoms. The quantitative estimate of drug-likeness (QED) is 0.808.